The van der Waals surface area contributed by atoms with E-state index in [4.69, 9.17) is 9.47 Å². The van der Waals surface area contributed by atoms with Gasteiger partial charge in [-0.2, -0.15) is 0 Å². The maximum Gasteiger partial charge on any atom is 0.190 e. The van der Waals surface area contributed by atoms with Crippen LogP contribution >= 0.6 is 0 Å². The molecule has 0 atom stereocenters. The average Bonchev–Trinajstić information content (AvgIpc) is 2.35. The Hall–Kier alpha value is -2.10. The predicted octanol–water partition coefficient (Wildman–Crippen LogP) is 2.34. The minimum Gasteiger partial charge on any atom is -0.496 e. The zero-order chi connectivity index (χ0) is 13.4. The molecule has 18 heavy (non-hydrogen) atoms. The highest BCUT2D eigenvalue weighted by atomic mass is 16.5. The molecule has 2 rings (SSSR count). The fourth-order valence-corrected chi connectivity index (χ4v) is 2.17. The SMILES string of the molecule is COc1cc2c(c(OC)c1C)C(=O)C=C(C)C2=O. The van der Waals surface area contributed by atoms with Crippen LogP contribution in [0.5, 0.6) is 11.5 Å². The van der Waals surface area contributed by atoms with Gasteiger partial charge in [0.15, 0.2) is 11.6 Å². The highest BCUT2D eigenvalue weighted by molar-refractivity contribution is 6.25. The van der Waals surface area contributed by atoms with Gasteiger partial charge in [-0.05, 0) is 26.0 Å². The number of ether oxygens (including phenoxy) is 2. The summed E-state index contributed by atoms with van der Waals surface area (Å²) in [5, 5.41) is 0. The Labute approximate surface area is 105 Å². The summed E-state index contributed by atoms with van der Waals surface area (Å²) in [6, 6.07) is 1.60. The van der Waals surface area contributed by atoms with E-state index in [1.165, 1.54) is 20.3 Å². The molecule has 4 heteroatoms. The molecule has 0 saturated heterocycles. The summed E-state index contributed by atoms with van der Waals surface area (Å²) in [5.74, 6) is 0.582. The van der Waals surface area contributed by atoms with Crippen molar-refractivity contribution in [1.82, 2.24) is 0 Å². The normalized spacial score (nSPS) is 14.1. The molecule has 1 aromatic rings. The number of carbonyl (C=O) groups excluding carboxylic acids is 2. The zero-order valence-corrected chi connectivity index (χ0v) is 10.8. The molecule has 0 bridgehead atoms. The van der Waals surface area contributed by atoms with Gasteiger partial charge < -0.3 is 9.47 Å². The number of hydrogen-bond donors (Lipinski definition) is 0. The minimum atomic E-state index is -0.204. The summed E-state index contributed by atoms with van der Waals surface area (Å²) in [6.07, 6.45) is 1.35. The predicted molar refractivity (Wildman–Crippen MR) is 66.7 cm³/mol. The van der Waals surface area contributed by atoms with Gasteiger partial charge in [0.2, 0.25) is 0 Å². The Morgan fingerprint density at radius 1 is 1.06 bits per heavy atom. The minimum absolute atomic E-state index is 0.166. The number of carbonyl (C=O) groups is 2. The third-order valence-corrected chi connectivity index (χ3v) is 3.10. The summed E-state index contributed by atoms with van der Waals surface area (Å²) in [4.78, 5) is 24.1. The molecule has 0 saturated carbocycles. The zero-order valence-electron chi connectivity index (χ0n) is 10.8. The largest absolute Gasteiger partial charge is 0.496 e. The van der Waals surface area contributed by atoms with Crippen LogP contribution in [0.4, 0.5) is 0 Å². The number of allylic oxidation sites excluding steroid dienone is 2. The van der Waals surface area contributed by atoms with Crippen molar-refractivity contribution in [3.63, 3.8) is 0 Å². The molecular weight excluding hydrogens is 232 g/mol. The van der Waals surface area contributed by atoms with Crippen LogP contribution < -0.4 is 9.47 Å². The van der Waals surface area contributed by atoms with Gasteiger partial charge in [-0.15, -0.1) is 0 Å². The number of hydrogen-bond acceptors (Lipinski definition) is 4. The van der Waals surface area contributed by atoms with E-state index in [0.29, 0.717) is 33.8 Å². The fourth-order valence-electron chi connectivity index (χ4n) is 2.17. The van der Waals surface area contributed by atoms with E-state index in [2.05, 4.69) is 0 Å². The monoisotopic (exact) mass is 246 g/mol. The summed E-state index contributed by atoms with van der Waals surface area (Å²) < 4.78 is 10.5. The first kappa shape index (κ1) is 12.4. The summed E-state index contributed by atoms with van der Waals surface area (Å²) in [5.41, 5.74) is 1.82. The molecular formula is C14H14O4. The Morgan fingerprint density at radius 2 is 1.72 bits per heavy atom. The van der Waals surface area contributed by atoms with Gasteiger partial charge in [0.25, 0.3) is 0 Å². The van der Waals surface area contributed by atoms with E-state index in [1.807, 2.05) is 0 Å². The van der Waals surface area contributed by atoms with Crippen LogP contribution in [0.1, 0.15) is 33.2 Å². The topological polar surface area (TPSA) is 52.6 Å². The van der Waals surface area contributed by atoms with Crippen molar-refractivity contribution in [1.29, 1.82) is 0 Å². The molecule has 1 aromatic carbocycles. The standard InChI is InChI=1S/C14H14O4/c1-7-5-10(15)12-9(13(7)16)6-11(17-3)8(2)14(12)18-4/h5-6H,1-4H3. The van der Waals surface area contributed by atoms with Crippen LogP contribution in [0.3, 0.4) is 0 Å². The molecule has 0 radical (unpaired) electrons. The van der Waals surface area contributed by atoms with Gasteiger partial charge in [0.05, 0.1) is 19.8 Å². The average molecular weight is 246 g/mol. The van der Waals surface area contributed by atoms with Gasteiger partial charge >= 0.3 is 0 Å². The van der Waals surface area contributed by atoms with E-state index in [-0.39, 0.29) is 11.6 Å². The smallest absolute Gasteiger partial charge is 0.190 e. The van der Waals surface area contributed by atoms with E-state index in [1.54, 1.807) is 19.9 Å². The van der Waals surface area contributed by atoms with Crippen LogP contribution in [0.2, 0.25) is 0 Å². The summed E-state index contributed by atoms with van der Waals surface area (Å²) >= 11 is 0. The number of fused-ring (bicyclic) bond motifs is 1. The van der Waals surface area contributed by atoms with Crippen molar-refractivity contribution in [3.8, 4) is 11.5 Å². The highest BCUT2D eigenvalue weighted by Crippen LogP contribution is 2.37. The second-order valence-electron chi connectivity index (χ2n) is 4.18. The van der Waals surface area contributed by atoms with Gasteiger partial charge in [-0.1, -0.05) is 0 Å². The van der Waals surface area contributed by atoms with Crippen LogP contribution in [-0.2, 0) is 0 Å². The Balaban J connectivity index is 2.81. The number of methoxy groups -OCH3 is 2. The van der Waals surface area contributed by atoms with Crippen LogP contribution in [0, 0.1) is 6.92 Å². The lowest BCUT2D eigenvalue weighted by atomic mass is 9.88. The van der Waals surface area contributed by atoms with Gasteiger partial charge in [-0.3, -0.25) is 9.59 Å². The van der Waals surface area contributed by atoms with E-state index in [0.717, 1.165) is 0 Å². The second-order valence-corrected chi connectivity index (χ2v) is 4.18. The third kappa shape index (κ3) is 1.61. The van der Waals surface area contributed by atoms with Crippen molar-refractivity contribution in [2.75, 3.05) is 14.2 Å². The molecule has 0 fully saturated rings. The maximum absolute atomic E-state index is 12.1. The first-order valence-corrected chi connectivity index (χ1v) is 5.54. The quantitative estimate of drug-likeness (QED) is 0.803. The molecule has 0 aliphatic heterocycles. The first-order valence-electron chi connectivity index (χ1n) is 5.54. The number of Topliss-reactive ketones (excluding diaryl/α,β-unsaturated/α-hetero) is 1. The number of ketones is 2. The van der Waals surface area contributed by atoms with E-state index < -0.39 is 0 Å². The third-order valence-electron chi connectivity index (χ3n) is 3.10. The lowest BCUT2D eigenvalue weighted by Gasteiger charge is -2.19. The molecule has 0 N–H and O–H groups in total. The lowest BCUT2D eigenvalue weighted by molar-refractivity contribution is 0.0981. The van der Waals surface area contributed by atoms with Crippen molar-refractivity contribution in [2.24, 2.45) is 0 Å². The Bertz CT molecular complexity index is 582. The van der Waals surface area contributed by atoms with Crippen LogP contribution in [0.25, 0.3) is 0 Å². The Kier molecular flexibility index (Phi) is 2.95. The van der Waals surface area contributed by atoms with Gasteiger partial charge in [-0.25, -0.2) is 0 Å². The highest BCUT2D eigenvalue weighted by Gasteiger charge is 2.29. The van der Waals surface area contributed by atoms with Crippen molar-refractivity contribution in [2.45, 2.75) is 13.8 Å². The molecule has 0 heterocycles. The molecule has 0 spiro atoms. The Morgan fingerprint density at radius 3 is 2.28 bits per heavy atom. The van der Waals surface area contributed by atoms with Crippen LogP contribution in [-0.4, -0.2) is 25.8 Å². The van der Waals surface area contributed by atoms with Gasteiger partial charge in [0, 0.05) is 16.7 Å². The van der Waals surface area contributed by atoms with Gasteiger partial charge in [0.1, 0.15) is 11.5 Å². The molecule has 0 unspecified atom stereocenters. The molecule has 94 valence electrons. The van der Waals surface area contributed by atoms with Crippen molar-refractivity contribution >= 4 is 11.6 Å². The number of rotatable bonds is 2. The molecule has 0 aromatic heterocycles. The van der Waals surface area contributed by atoms with Crippen molar-refractivity contribution in [3.05, 3.63) is 34.4 Å². The molecule has 0 amide bonds. The molecule has 4 nitrogen and oxygen atoms in total. The van der Waals surface area contributed by atoms with E-state index >= 15 is 0 Å². The van der Waals surface area contributed by atoms with E-state index in [9.17, 15) is 9.59 Å². The molecule has 1 aliphatic rings. The summed E-state index contributed by atoms with van der Waals surface area (Å²) in [6.45, 7) is 3.42. The summed E-state index contributed by atoms with van der Waals surface area (Å²) in [7, 11) is 3.00. The molecule has 1 aliphatic carbocycles. The second kappa shape index (κ2) is 4.29. The maximum atomic E-state index is 12.1. The van der Waals surface area contributed by atoms with Crippen LogP contribution in [0.15, 0.2) is 17.7 Å². The fraction of sp³-hybridized carbons (Fsp3) is 0.286. The number of benzene rings is 1. The van der Waals surface area contributed by atoms with Crippen molar-refractivity contribution < 1.29 is 19.1 Å². The lowest BCUT2D eigenvalue weighted by Crippen LogP contribution is -2.17. The first-order chi connectivity index (χ1) is 8.51.